The number of carbonyl (C=O) groups is 3. The largest absolute Gasteiger partial charge is 0.352 e. The SMILES string of the molecule is CCC(C)C(NC(N)=O)C(=O)NNC(=O)c1sc(-c2ccccc2)nc1C. The Labute approximate surface area is 161 Å². The number of hydrazine groups is 1. The Hall–Kier alpha value is -2.94. The van der Waals surface area contributed by atoms with Crippen molar-refractivity contribution in [2.75, 3.05) is 0 Å². The van der Waals surface area contributed by atoms with Gasteiger partial charge in [-0.2, -0.15) is 0 Å². The van der Waals surface area contributed by atoms with Crippen molar-refractivity contribution in [2.24, 2.45) is 11.7 Å². The van der Waals surface area contributed by atoms with Gasteiger partial charge in [-0.05, 0) is 12.8 Å². The molecule has 4 amide bonds. The third-order valence-electron chi connectivity index (χ3n) is 4.12. The Bertz CT molecular complexity index is 822. The maximum absolute atomic E-state index is 12.4. The molecular formula is C18H23N5O3S. The van der Waals surface area contributed by atoms with Crippen LogP contribution in [0, 0.1) is 12.8 Å². The second-order valence-electron chi connectivity index (χ2n) is 6.11. The fourth-order valence-electron chi connectivity index (χ4n) is 2.42. The molecule has 27 heavy (non-hydrogen) atoms. The number of primary amides is 1. The van der Waals surface area contributed by atoms with Gasteiger partial charge < -0.3 is 11.1 Å². The van der Waals surface area contributed by atoms with E-state index in [9.17, 15) is 14.4 Å². The van der Waals surface area contributed by atoms with Gasteiger partial charge in [-0.15, -0.1) is 11.3 Å². The molecule has 1 aromatic carbocycles. The molecule has 2 aromatic rings. The zero-order valence-electron chi connectivity index (χ0n) is 15.4. The Morgan fingerprint density at radius 2 is 1.85 bits per heavy atom. The van der Waals surface area contributed by atoms with E-state index in [1.807, 2.05) is 44.2 Å². The number of nitrogens with two attached hydrogens (primary N) is 1. The van der Waals surface area contributed by atoms with E-state index in [1.54, 1.807) is 6.92 Å². The number of nitrogens with zero attached hydrogens (tertiary/aromatic N) is 1. The van der Waals surface area contributed by atoms with E-state index in [0.29, 0.717) is 17.0 Å². The number of benzene rings is 1. The Kier molecular flexibility index (Phi) is 6.89. The summed E-state index contributed by atoms with van der Waals surface area (Å²) in [6, 6.07) is 7.88. The maximum Gasteiger partial charge on any atom is 0.312 e. The van der Waals surface area contributed by atoms with Crippen LogP contribution in [0.1, 0.15) is 35.6 Å². The number of carbonyl (C=O) groups excluding carboxylic acids is 3. The quantitative estimate of drug-likeness (QED) is 0.563. The van der Waals surface area contributed by atoms with Crippen molar-refractivity contribution in [3.63, 3.8) is 0 Å². The summed E-state index contributed by atoms with van der Waals surface area (Å²) in [6.07, 6.45) is 0.653. The molecule has 0 spiro atoms. The van der Waals surface area contributed by atoms with E-state index in [-0.39, 0.29) is 5.92 Å². The van der Waals surface area contributed by atoms with Crippen molar-refractivity contribution in [2.45, 2.75) is 33.2 Å². The van der Waals surface area contributed by atoms with Crippen LogP contribution >= 0.6 is 11.3 Å². The highest BCUT2D eigenvalue weighted by Crippen LogP contribution is 2.27. The van der Waals surface area contributed by atoms with Gasteiger partial charge in [-0.3, -0.25) is 20.4 Å². The fourth-order valence-corrected chi connectivity index (χ4v) is 3.39. The number of amides is 4. The van der Waals surface area contributed by atoms with Gasteiger partial charge in [-0.1, -0.05) is 50.6 Å². The molecule has 0 radical (unpaired) electrons. The summed E-state index contributed by atoms with van der Waals surface area (Å²) in [5.41, 5.74) is 11.3. The number of hydrogen-bond donors (Lipinski definition) is 4. The van der Waals surface area contributed by atoms with Gasteiger partial charge in [0.05, 0.1) is 5.69 Å². The van der Waals surface area contributed by atoms with Crippen molar-refractivity contribution < 1.29 is 14.4 Å². The van der Waals surface area contributed by atoms with Gasteiger partial charge in [0.1, 0.15) is 15.9 Å². The summed E-state index contributed by atoms with van der Waals surface area (Å²) < 4.78 is 0. The second-order valence-corrected chi connectivity index (χ2v) is 7.11. The molecule has 9 heteroatoms. The molecule has 0 aliphatic carbocycles. The zero-order chi connectivity index (χ0) is 20.0. The lowest BCUT2D eigenvalue weighted by molar-refractivity contribution is -0.124. The summed E-state index contributed by atoms with van der Waals surface area (Å²) in [5, 5.41) is 3.12. The topological polar surface area (TPSA) is 126 Å². The molecule has 0 saturated carbocycles. The van der Waals surface area contributed by atoms with Crippen molar-refractivity contribution in [1.29, 1.82) is 0 Å². The number of hydrogen-bond acceptors (Lipinski definition) is 5. The van der Waals surface area contributed by atoms with E-state index < -0.39 is 23.9 Å². The standard InChI is InChI=1S/C18H23N5O3S/c1-4-10(2)13(21-18(19)26)15(24)22-23-16(25)14-11(3)20-17(27-14)12-8-6-5-7-9-12/h5-10,13H,4H2,1-3H3,(H,22,24)(H,23,25)(H3,19,21,26). The Morgan fingerprint density at radius 3 is 2.44 bits per heavy atom. The number of aromatic nitrogens is 1. The van der Waals surface area contributed by atoms with Crippen LogP contribution in [-0.2, 0) is 4.79 Å². The zero-order valence-corrected chi connectivity index (χ0v) is 16.2. The van der Waals surface area contributed by atoms with E-state index in [2.05, 4.69) is 21.2 Å². The van der Waals surface area contributed by atoms with Gasteiger partial charge in [0.25, 0.3) is 11.8 Å². The van der Waals surface area contributed by atoms with Crippen LogP contribution in [0.4, 0.5) is 4.79 Å². The molecule has 0 aliphatic heterocycles. The highest BCUT2D eigenvalue weighted by Gasteiger charge is 2.26. The normalized spacial score (nSPS) is 12.7. The lowest BCUT2D eigenvalue weighted by Crippen LogP contribution is -2.55. The third-order valence-corrected chi connectivity index (χ3v) is 5.32. The minimum atomic E-state index is -0.838. The van der Waals surface area contributed by atoms with Crippen LogP contribution in [0.15, 0.2) is 30.3 Å². The first-order valence-electron chi connectivity index (χ1n) is 8.52. The summed E-state index contributed by atoms with van der Waals surface area (Å²) >= 11 is 1.24. The summed E-state index contributed by atoms with van der Waals surface area (Å²) in [4.78, 5) is 40.7. The smallest absolute Gasteiger partial charge is 0.312 e. The third kappa shape index (κ3) is 5.27. The fraction of sp³-hybridized carbons (Fsp3) is 0.333. The number of nitrogens with one attached hydrogen (secondary N) is 3. The van der Waals surface area contributed by atoms with Crippen LogP contribution in [-0.4, -0.2) is 28.9 Å². The molecule has 144 valence electrons. The second kappa shape index (κ2) is 9.13. The van der Waals surface area contributed by atoms with Crippen LogP contribution in [0.25, 0.3) is 10.6 Å². The lowest BCUT2D eigenvalue weighted by Gasteiger charge is -2.22. The van der Waals surface area contributed by atoms with Crippen LogP contribution in [0.3, 0.4) is 0 Å². The minimum Gasteiger partial charge on any atom is -0.352 e. The summed E-state index contributed by atoms with van der Waals surface area (Å²) in [6.45, 7) is 5.43. The van der Waals surface area contributed by atoms with Gasteiger partial charge in [0.15, 0.2) is 0 Å². The molecule has 1 heterocycles. The van der Waals surface area contributed by atoms with E-state index in [1.165, 1.54) is 11.3 Å². The van der Waals surface area contributed by atoms with Gasteiger partial charge in [0, 0.05) is 5.56 Å². The first-order chi connectivity index (χ1) is 12.8. The molecule has 8 nitrogen and oxygen atoms in total. The van der Waals surface area contributed by atoms with Crippen LogP contribution in [0.5, 0.6) is 0 Å². The van der Waals surface area contributed by atoms with E-state index in [0.717, 1.165) is 10.6 Å². The molecule has 2 rings (SSSR count). The molecule has 2 unspecified atom stereocenters. The molecule has 2 atom stereocenters. The number of thiazole rings is 1. The van der Waals surface area contributed by atoms with Crippen LogP contribution < -0.4 is 21.9 Å². The first kappa shape index (κ1) is 20.4. The Morgan fingerprint density at radius 1 is 1.19 bits per heavy atom. The molecule has 1 aromatic heterocycles. The predicted molar refractivity (Wildman–Crippen MR) is 104 cm³/mol. The Balaban J connectivity index is 2.05. The molecule has 0 aliphatic rings. The van der Waals surface area contributed by atoms with Crippen LogP contribution in [0.2, 0.25) is 0 Å². The molecule has 5 N–H and O–H groups in total. The maximum atomic E-state index is 12.4. The summed E-state index contributed by atoms with van der Waals surface area (Å²) in [7, 11) is 0. The van der Waals surface area contributed by atoms with Gasteiger partial charge >= 0.3 is 6.03 Å². The lowest BCUT2D eigenvalue weighted by atomic mass is 9.99. The number of aryl methyl sites for hydroxylation is 1. The van der Waals surface area contributed by atoms with Crippen molar-refractivity contribution in [1.82, 2.24) is 21.2 Å². The van der Waals surface area contributed by atoms with Crippen molar-refractivity contribution >= 4 is 29.2 Å². The molecule has 0 bridgehead atoms. The van der Waals surface area contributed by atoms with Gasteiger partial charge in [0.2, 0.25) is 0 Å². The van der Waals surface area contributed by atoms with Crippen molar-refractivity contribution in [3.05, 3.63) is 40.9 Å². The molecule has 0 fully saturated rings. The first-order valence-corrected chi connectivity index (χ1v) is 9.34. The molecular weight excluding hydrogens is 366 g/mol. The van der Waals surface area contributed by atoms with Gasteiger partial charge in [-0.25, -0.2) is 9.78 Å². The minimum absolute atomic E-state index is 0.149. The number of rotatable bonds is 6. The average molecular weight is 389 g/mol. The summed E-state index contributed by atoms with van der Waals surface area (Å²) in [5.74, 6) is -1.16. The van der Waals surface area contributed by atoms with E-state index >= 15 is 0 Å². The van der Waals surface area contributed by atoms with Crippen molar-refractivity contribution in [3.8, 4) is 10.6 Å². The van der Waals surface area contributed by atoms with E-state index in [4.69, 9.17) is 5.73 Å². The predicted octanol–water partition coefficient (Wildman–Crippen LogP) is 1.96. The molecule has 0 saturated heterocycles. The number of urea groups is 1. The highest BCUT2D eigenvalue weighted by atomic mass is 32.1. The monoisotopic (exact) mass is 389 g/mol. The highest BCUT2D eigenvalue weighted by molar-refractivity contribution is 7.17. The average Bonchev–Trinajstić information content (AvgIpc) is 3.05.